The molecule has 2 heterocycles. The first-order valence-corrected chi connectivity index (χ1v) is 7.05. The van der Waals surface area contributed by atoms with Gasteiger partial charge in [0.2, 0.25) is 0 Å². The SMILES string of the molecule is CCNc1nc(C)nc(N2CCC(C)C2CO)c1C. The zero-order valence-corrected chi connectivity index (χ0v) is 12.3. The molecule has 0 aliphatic carbocycles. The Kier molecular flexibility index (Phi) is 4.24. The summed E-state index contributed by atoms with van der Waals surface area (Å²) in [7, 11) is 0. The fourth-order valence-electron chi connectivity index (χ4n) is 2.78. The highest BCUT2D eigenvalue weighted by atomic mass is 16.3. The molecule has 0 amide bonds. The normalized spacial score (nSPS) is 22.9. The Labute approximate surface area is 115 Å². The highest BCUT2D eigenvalue weighted by Gasteiger charge is 2.32. The van der Waals surface area contributed by atoms with Gasteiger partial charge in [0.05, 0.1) is 12.6 Å². The van der Waals surface area contributed by atoms with Crippen LogP contribution in [0.25, 0.3) is 0 Å². The summed E-state index contributed by atoms with van der Waals surface area (Å²) in [6, 6.07) is 0.169. The summed E-state index contributed by atoms with van der Waals surface area (Å²) in [6.07, 6.45) is 1.10. The lowest BCUT2D eigenvalue weighted by atomic mass is 10.0. The lowest BCUT2D eigenvalue weighted by Crippen LogP contribution is -2.36. The number of aliphatic hydroxyl groups is 1. The summed E-state index contributed by atoms with van der Waals surface area (Å²) in [4.78, 5) is 11.3. The molecular formula is C14H24N4O. The number of hydrogen-bond acceptors (Lipinski definition) is 5. The summed E-state index contributed by atoms with van der Waals surface area (Å²) in [6.45, 7) is 10.2. The molecule has 0 radical (unpaired) electrons. The smallest absolute Gasteiger partial charge is 0.137 e. The average Bonchev–Trinajstić information content (AvgIpc) is 2.74. The van der Waals surface area contributed by atoms with Crippen molar-refractivity contribution in [2.24, 2.45) is 5.92 Å². The maximum Gasteiger partial charge on any atom is 0.137 e. The molecule has 1 fully saturated rings. The summed E-state index contributed by atoms with van der Waals surface area (Å²) in [5.41, 5.74) is 1.07. The molecule has 19 heavy (non-hydrogen) atoms. The highest BCUT2D eigenvalue weighted by molar-refractivity contribution is 5.59. The van der Waals surface area contributed by atoms with Crippen LogP contribution < -0.4 is 10.2 Å². The summed E-state index contributed by atoms with van der Waals surface area (Å²) in [5, 5.41) is 12.9. The van der Waals surface area contributed by atoms with Crippen molar-refractivity contribution in [1.29, 1.82) is 0 Å². The Balaban J connectivity index is 2.39. The number of aromatic nitrogens is 2. The van der Waals surface area contributed by atoms with Crippen LogP contribution in [-0.4, -0.2) is 40.8 Å². The maximum absolute atomic E-state index is 9.60. The molecule has 0 aromatic carbocycles. The largest absolute Gasteiger partial charge is 0.394 e. The fraction of sp³-hybridized carbons (Fsp3) is 0.714. The Morgan fingerprint density at radius 2 is 2.11 bits per heavy atom. The molecule has 2 atom stereocenters. The Bertz CT molecular complexity index is 449. The van der Waals surface area contributed by atoms with E-state index in [4.69, 9.17) is 0 Å². The third kappa shape index (κ3) is 2.66. The number of anilines is 2. The van der Waals surface area contributed by atoms with E-state index in [0.29, 0.717) is 5.92 Å². The third-order valence-electron chi connectivity index (χ3n) is 3.92. The molecule has 1 saturated heterocycles. The molecule has 5 heteroatoms. The highest BCUT2D eigenvalue weighted by Crippen LogP contribution is 2.32. The van der Waals surface area contributed by atoms with Crippen LogP contribution in [0.15, 0.2) is 0 Å². The molecule has 1 aliphatic heterocycles. The van der Waals surface area contributed by atoms with Crippen LogP contribution in [0.2, 0.25) is 0 Å². The topological polar surface area (TPSA) is 61.3 Å². The molecular weight excluding hydrogens is 240 g/mol. The number of nitrogens with zero attached hydrogens (tertiary/aromatic N) is 3. The third-order valence-corrected chi connectivity index (χ3v) is 3.92. The molecule has 2 rings (SSSR count). The second kappa shape index (κ2) is 5.74. The number of hydrogen-bond donors (Lipinski definition) is 2. The summed E-state index contributed by atoms with van der Waals surface area (Å²) >= 11 is 0. The average molecular weight is 264 g/mol. The second-order valence-electron chi connectivity index (χ2n) is 5.31. The minimum Gasteiger partial charge on any atom is -0.394 e. The number of aliphatic hydroxyl groups excluding tert-OH is 1. The van der Waals surface area contributed by atoms with E-state index in [-0.39, 0.29) is 12.6 Å². The first-order chi connectivity index (χ1) is 9.08. The second-order valence-corrected chi connectivity index (χ2v) is 5.31. The van der Waals surface area contributed by atoms with Crippen molar-refractivity contribution in [3.05, 3.63) is 11.4 Å². The standard InChI is InChI=1S/C14H24N4O/c1-5-15-13-10(3)14(17-11(4)16-13)18-7-6-9(2)12(18)8-19/h9,12,19H,5-8H2,1-4H3,(H,15,16,17). The Morgan fingerprint density at radius 3 is 2.74 bits per heavy atom. The van der Waals surface area contributed by atoms with Gasteiger partial charge >= 0.3 is 0 Å². The van der Waals surface area contributed by atoms with Gasteiger partial charge in [-0.05, 0) is 33.1 Å². The van der Waals surface area contributed by atoms with Gasteiger partial charge in [-0.1, -0.05) is 6.92 Å². The molecule has 5 nitrogen and oxygen atoms in total. The first kappa shape index (κ1) is 14.1. The fourth-order valence-corrected chi connectivity index (χ4v) is 2.78. The molecule has 0 bridgehead atoms. The monoisotopic (exact) mass is 264 g/mol. The van der Waals surface area contributed by atoms with Crippen molar-refractivity contribution in [1.82, 2.24) is 9.97 Å². The van der Waals surface area contributed by atoms with Crippen molar-refractivity contribution >= 4 is 11.6 Å². The molecule has 106 valence electrons. The van der Waals surface area contributed by atoms with Crippen LogP contribution in [0, 0.1) is 19.8 Å². The number of nitrogens with one attached hydrogen (secondary N) is 1. The van der Waals surface area contributed by atoms with E-state index >= 15 is 0 Å². The van der Waals surface area contributed by atoms with Gasteiger partial charge in [0.25, 0.3) is 0 Å². The van der Waals surface area contributed by atoms with E-state index in [1.54, 1.807) is 0 Å². The predicted molar refractivity (Wildman–Crippen MR) is 77.7 cm³/mol. The molecule has 0 spiro atoms. The number of rotatable bonds is 4. The lowest BCUT2D eigenvalue weighted by Gasteiger charge is -2.28. The Hall–Kier alpha value is -1.36. The van der Waals surface area contributed by atoms with Crippen molar-refractivity contribution in [2.45, 2.75) is 40.2 Å². The summed E-state index contributed by atoms with van der Waals surface area (Å²) < 4.78 is 0. The van der Waals surface area contributed by atoms with Gasteiger partial charge in [0.15, 0.2) is 0 Å². The van der Waals surface area contributed by atoms with Crippen LogP contribution in [0.5, 0.6) is 0 Å². The van der Waals surface area contributed by atoms with E-state index in [1.807, 2.05) is 13.8 Å². The zero-order chi connectivity index (χ0) is 14.0. The number of aryl methyl sites for hydroxylation is 1. The van der Waals surface area contributed by atoms with Crippen LogP contribution >= 0.6 is 0 Å². The van der Waals surface area contributed by atoms with Gasteiger partial charge in [0.1, 0.15) is 17.5 Å². The molecule has 1 aromatic rings. The van der Waals surface area contributed by atoms with Gasteiger partial charge in [-0.3, -0.25) is 0 Å². The van der Waals surface area contributed by atoms with Crippen LogP contribution in [-0.2, 0) is 0 Å². The van der Waals surface area contributed by atoms with Gasteiger partial charge in [0, 0.05) is 18.7 Å². The van der Waals surface area contributed by atoms with Crippen LogP contribution in [0.3, 0.4) is 0 Å². The van der Waals surface area contributed by atoms with Gasteiger partial charge in [-0.15, -0.1) is 0 Å². The van der Waals surface area contributed by atoms with Crippen molar-refractivity contribution < 1.29 is 5.11 Å². The molecule has 2 unspecified atom stereocenters. The van der Waals surface area contributed by atoms with E-state index in [0.717, 1.165) is 42.5 Å². The molecule has 2 N–H and O–H groups in total. The zero-order valence-electron chi connectivity index (χ0n) is 12.3. The minimum atomic E-state index is 0.169. The van der Waals surface area contributed by atoms with Gasteiger partial charge in [-0.25, -0.2) is 9.97 Å². The quantitative estimate of drug-likeness (QED) is 0.867. The van der Waals surface area contributed by atoms with E-state index in [9.17, 15) is 5.11 Å². The van der Waals surface area contributed by atoms with Crippen molar-refractivity contribution in [3.8, 4) is 0 Å². The van der Waals surface area contributed by atoms with E-state index in [1.165, 1.54) is 0 Å². The molecule has 1 aromatic heterocycles. The predicted octanol–water partition coefficient (Wildman–Crippen LogP) is 1.73. The maximum atomic E-state index is 9.60. The van der Waals surface area contributed by atoms with Crippen LogP contribution in [0.4, 0.5) is 11.6 Å². The van der Waals surface area contributed by atoms with Gasteiger partial charge in [-0.2, -0.15) is 0 Å². The molecule has 1 aliphatic rings. The molecule has 0 saturated carbocycles. The van der Waals surface area contributed by atoms with Crippen LogP contribution in [0.1, 0.15) is 31.7 Å². The van der Waals surface area contributed by atoms with E-state index in [2.05, 4.69) is 34.0 Å². The lowest BCUT2D eigenvalue weighted by molar-refractivity contribution is 0.244. The van der Waals surface area contributed by atoms with E-state index < -0.39 is 0 Å². The van der Waals surface area contributed by atoms with Crippen molar-refractivity contribution in [2.75, 3.05) is 29.9 Å². The Morgan fingerprint density at radius 1 is 1.37 bits per heavy atom. The first-order valence-electron chi connectivity index (χ1n) is 7.05. The van der Waals surface area contributed by atoms with Crippen molar-refractivity contribution in [3.63, 3.8) is 0 Å². The van der Waals surface area contributed by atoms with Gasteiger partial charge < -0.3 is 15.3 Å². The summed E-state index contributed by atoms with van der Waals surface area (Å²) in [5.74, 6) is 3.14. The minimum absolute atomic E-state index is 0.169.